The molecule has 12 nitrogen and oxygen atoms in total. The van der Waals surface area contributed by atoms with Gasteiger partial charge in [-0.3, -0.25) is 14.5 Å². The molecule has 3 fully saturated rings. The molecule has 6 aromatic rings. The molecule has 0 radical (unpaired) electrons. The van der Waals surface area contributed by atoms with E-state index in [2.05, 4.69) is 61.2 Å². The van der Waals surface area contributed by atoms with Gasteiger partial charge in [0.05, 0.1) is 43.0 Å². The number of amides is 3. The molecule has 0 bridgehead atoms. The normalized spacial score (nSPS) is 18.6. The molecule has 0 saturated carbocycles. The average molecular weight is 841 g/mol. The molecule has 4 unspecified atom stereocenters. The zero-order valence-corrected chi connectivity index (χ0v) is 35.5. The molecule has 3 N–H and O–H groups in total. The van der Waals surface area contributed by atoms with E-state index in [1.807, 2.05) is 91.1 Å². The Hall–Kier alpha value is -6.97. The number of hydrogen-bond acceptors (Lipinski definition) is 7. The highest BCUT2D eigenvalue weighted by atomic mass is 16.5. The van der Waals surface area contributed by atoms with E-state index in [1.165, 1.54) is 13.5 Å². The number of nitrogens with one attached hydrogen (secondary N) is 3. The van der Waals surface area contributed by atoms with Crippen molar-refractivity contribution >= 4 is 17.9 Å². The van der Waals surface area contributed by atoms with Crippen LogP contribution in [0.4, 0.5) is 4.79 Å². The van der Waals surface area contributed by atoms with Crippen molar-refractivity contribution in [2.45, 2.75) is 69.1 Å². The van der Waals surface area contributed by atoms with Crippen LogP contribution in [0.2, 0.25) is 0 Å². The largest absolute Gasteiger partial charge is 0.453 e. The molecule has 2 aromatic heterocycles. The SMILES string of the molecule is COC(=O)NC(C(=O)N1CCCC1c1ncc(-c2ccc(C#Cc3ccc(-c4cnc(C5CCCN5C(=O)C(c5ccccc5)N5CCCCC5)[nH]4)cc3)cc2)[nH]1)c1ccccc1. The summed E-state index contributed by atoms with van der Waals surface area (Å²) in [6.07, 6.45) is 9.88. The third-order valence-electron chi connectivity index (χ3n) is 12.6. The van der Waals surface area contributed by atoms with Gasteiger partial charge in [0.2, 0.25) is 5.91 Å². The Bertz CT molecular complexity index is 2570. The van der Waals surface area contributed by atoms with Crippen molar-refractivity contribution in [1.29, 1.82) is 0 Å². The fourth-order valence-corrected chi connectivity index (χ4v) is 9.30. The number of methoxy groups -OCH3 is 1. The lowest BCUT2D eigenvalue weighted by Gasteiger charge is -2.37. The van der Waals surface area contributed by atoms with Crippen molar-refractivity contribution in [3.63, 3.8) is 0 Å². The summed E-state index contributed by atoms with van der Waals surface area (Å²) in [4.78, 5) is 63.2. The zero-order chi connectivity index (χ0) is 43.1. The zero-order valence-electron chi connectivity index (χ0n) is 35.5. The maximum Gasteiger partial charge on any atom is 0.407 e. The van der Waals surface area contributed by atoms with Crippen molar-refractivity contribution in [1.82, 2.24) is 40.0 Å². The quantitative estimate of drug-likeness (QED) is 0.118. The van der Waals surface area contributed by atoms with Crippen LogP contribution in [0.5, 0.6) is 0 Å². The van der Waals surface area contributed by atoms with Crippen LogP contribution >= 0.6 is 0 Å². The highest BCUT2D eigenvalue weighted by molar-refractivity contribution is 5.87. The van der Waals surface area contributed by atoms with E-state index in [1.54, 1.807) is 11.1 Å². The number of piperidine rings is 1. The van der Waals surface area contributed by atoms with Gasteiger partial charge in [-0.05, 0) is 98.1 Å². The molecule has 5 heterocycles. The van der Waals surface area contributed by atoms with Gasteiger partial charge in [-0.2, -0.15) is 0 Å². The molecule has 0 spiro atoms. The Kier molecular flexibility index (Phi) is 12.5. The lowest BCUT2D eigenvalue weighted by molar-refractivity contribution is -0.139. The molecule has 63 heavy (non-hydrogen) atoms. The number of rotatable bonds is 10. The molecule has 3 saturated heterocycles. The van der Waals surface area contributed by atoms with Crippen LogP contribution in [0.1, 0.15) is 103 Å². The second-order valence-corrected chi connectivity index (χ2v) is 16.5. The summed E-state index contributed by atoms with van der Waals surface area (Å²) in [5.41, 5.74) is 7.24. The molecule has 3 aliphatic heterocycles. The number of nitrogens with zero attached hydrogens (tertiary/aromatic N) is 5. The van der Waals surface area contributed by atoms with Crippen LogP contribution in [0.25, 0.3) is 22.5 Å². The van der Waals surface area contributed by atoms with Gasteiger partial charge in [0.15, 0.2) is 0 Å². The molecule has 4 atom stereocenters. The number of aromatic nitrogens is 4. The first-order valence-corrected chi connectivity index (χ1v) is 22.1. The molecule has 320 valence electrons. The summed E-state index contributed by atoms with van der Waals surface area (Å²) in [6.45, 7) is 3.18. The number of likely N-dealkylation sites (tertiary alicyclic amines) is 3. The minimum atomic E-state index is -0.874. The van der Waals surface area contributed by atoms with Crippen molar-refractivity contribution in [2.24, 2.45) is 0 Å². The Morgan fingerprint density at radius 3 is 1.62 bits per heavy atom. The lowest BCUT2D eigenvalue weighted by Crippen LogP contribution is -2.44. The van der Waals surface area contributed by atoms with Gasteiger partial charge >= 0.3 is 6.09 Å². The van der Waals surface area contributed by atoms with Crippen molar-refractivity contribution in [3.05, 3.63) is 155 Å². The Morgan fingerprint density at radius 2 is 1.11 bits per heavy atom. The van der Waals surface area contributed by atoms with Crippen molar-refractivity contribution < 1.29 is 19.1 Å². The first kappa shape index (κ1) is 41.4. The van der Waals surface area contributed by atoms with E-state index in [0.717, 1.165) is 103 Å². The molecule has 3 aliphatic rings. The number of ether oxygens (including phenoxy) is 1. The van der Waals surface area contributed by atoms with E-state index < -0.39 is 12.1 Å². The number of carbonyl (C=O) groups excluding carboxylic acids is 3. The van der Waals surface area contributed by atoms with Gasteiger partial charge in [-0.1, -0.05) is 103 Å². The summed E-state index contributed by atoms with van der Waals surface area (Å²) in [7, 11) is 1.29. The number of H-pyrrole nitrogens is 2. The number of imidazole rings is 2. The first-order chi connectivity index (χ1) is 30.9. The minimum absolute atomic E-state index is 0.0844. The monoisotopic (exact) mass is 840 g/mol. The highest BCUT2D eigenvalue weighted by Crippen LogP contribution is 2.37. The van der Waals surface area contributed by atoms with Gasteiger partial charge in [0, 0.05) is 24.2 Å². The Labute approximate surface area is 368 Å². The van der Waals surface area contributed by atoms with Crippen LogP contribution in [0.15, 0.2) is 122 Å². The van der Waals surface area contributed by atoms with E-state index >= 15 is 0 Å². The number of hydrogen-bond donors (Lipinski definition) is 3. The van der Waals surface area contributed by atoms with Gasteiger partial charge in [-0.25, -0.2) is 14.8 Å². The molecule has 4 aromatic carbocycles. The standard InChI is InChI=1S/C51H52N8O4/c1-63-51(62)56-45(39-13-5-2-6-14-39)49(60)58-31-11-17-43(58)47-52-33-41(54-47)37-25-21-35(22-26-37)19-20-36-23-27-38(28-24-36)42-34-53-48(55-42)44-18-12-32-59(44)50(61)46(40-15-7-3-8-16-40)57-29-9-4-10-30-57/h2-3,5-8,13-16,21-28,33-34,43-46H,4,9-12,17-18,29-32H2,1H3,(H,52,54)(H,53,55)(H,56,62). The number of alkyl carbamates (subject to hydrolysis) is 1. The summed E-state index contributed by atoms with van der Waals surface area (Å²) in [5.74, 6) is 8.08. The van der Waals surface area contributed by atoms with E-state index in [0.29, 0.717) is 17.9 Å². The van der Waals surface area contributed by atoms with Gasteiger partial charge in [0.1, 0.15) is 23.7 Å². The summed E-state index contributed by atoms with van der Waals surface area (Å²) < 4.78 is 4.83. The van der Waals surface area contributed by atoms with Crippen molar-refractivity contribution in [3.8, 4) is 34.4 Å². The summed E-state index contributed by atoms with van der Waals surface area (Å²) in [6, 6.07) is 34.1. The second-order valence-electron chi connectivity index (χ2n) is 16.5. The van der Waals surface area contributed by atoms with Crippen LogP contribution in [-0.2, 0) is 14.3 Å². The summed E-state index contributed by atoms with van der Waals surface area (Å²) in [5, 5.41) is 2.72. The second kappa shape index (κ2) is 19.0. The molecule has 3 amide bonds. The molecule has 9 rings (SSSR count). The van der Waals surface area contributed by atoms with E-state index in [-0.39, 0.29) is 29.9 Å². The molecular formula is C51H52N8O4. The predicted octanol–water partition coefficient (Wildman–Crippen LogP) is 8.52. The fraction of sp³-hybridized carbons (Fsp3) is 0.314. The smallest absolute Gasteiger partial charge is 0.407 e. The average Bonchev–Trinajstić information content (AvgIpc) is 4.19. The van der Waals surface area contributed by atoms with Gasteiger partial charge in [-0.15, -0.1) is 0 Å². The van der Waals surface area contributed by atoms with E-state index in [4.69, 9.17) is 14.7 Å². The van der Waals surface area contributed by atoms with E-state index in [9.17, 15) is 14.4 Å². The number of aromatic amines is 2. The third kappa shape index (κ3) is 9.15. The topological polar surface area (TPSA) is 140 Å². The minimum Gasteiger partial charge on any atom is -0.453 e. The third-order valence-corrected chi connectivity index (χ3v) is 12.6. The highest BCUT2D eigenvalue weighted by Gasteiger charge is 2.39. The van der Waals surface area contributed by atoms with Gasteiger partial charge in [0.25, 0.3) is 5.91 Å². The maximum absolute atomic E-state index is 14.3. The Morgan fingerprint density at radius 1 is 0.619 bits per heavy atom. The maximum atomic E-state index is 14.3. The fourth-order valence-electron chi connectivity index (χ4n) is 9.30. The Balaban J connectivity index is 0.835. The summed E-state index contributed by atoms with van der Waals surface area (Å²) >= 11 is 0. The first-order valence-electron chi connectivity index (χ1n) is 22.1. The van der Waals surface area contributed by atoms with Crippen LogP contribution in [-0.4, -0.2) is 85.8 Å². The van der Waals surface area contributed by atoms with Crippen LogP contribution in [0.3, 0.4) is 0 Å². The molecule has 0 aliphatic carbocycles. The van der Waals surface area contributed by atoms with Crippen LogP contribution in [0, 0.1) is 11.8 Å². The number of benzene rings is 4. The molecule has 12 heteroatoms. The van der Waals surface area contributed by atoms with Crippen molar-refractivity contribution in [2.75, 3.05) is 33.3 Å². The predicted molar refractivity (Wildman–Crippen MR) is 241 cm³/mol. The van der Waals surface area contributed by atoms with Crippen LogP contribution < -0.4 is 5.32 Å². The van der Waals surface area contributed by atoms with Gasteiger partial charge < -0.3 is 29.8 Å². The number of carbonyl (C=O) groups is 3. The lowest BCUT2D eigenvalue weighted by atomic mass is 10.00. The molecular weight excluding hydrogens is 789 g/mol.